The normalized spacial score (nSPS) is 11.1. The van der Waals surface area contributed by atoms with Crippen molar-refractivity contribution >= 4 is 46.1 Å². The number of carboxylic acid groups (broad SMARTS) is 1. The minimum atomic E-state index is -1.04. The Morgan fingerprint density at radius 1 is 1.03 bits per heavy atom. The lowest BCUT2D eigenvalue weighted by Crippen LogP contribution is -1.98. The number of furan rings is 1. The summed E-state index contributed by atoms with van der Waals surface area (Å²) >= 11 is 6.48. The maximum atomic E-state index is 10.7. The van der Waals surface area contributed by atoms with Crippen LogP contribution in [0.5, 0.6) is 5.75 Å². The van der Waals surface area contributed by atoms with Gasteiger partial charge in [0.15, 0.2) is 0 Å². The lowest BCUT2D eigenvalue weighted by molar-refractivity contribution is -0.131. The van der Waals surface area contributed by atoms with E-state index in [0.717, 1.165) is 33.8 Å². The highest BCUT2D eigenvalue weighted by atomic mass is 35.5. The predicted molar refractivity (Wildman–Crippen MR) is 139 cm³/mol. The number of carbonyl (C=O) groups is 1. The first kappa shape index (κ1) is 23.1. The van der Waals surface area contributed by atoms with Crippen molar-refractivity contribution < 1.29 is 19.1 Å². The number of halogens is 1. The van der Waals surface area contributed by atoms with Gasteiger partial charge < -0.3 is 19.6 Å². The van der Waals surface area contributed by atoms with E-state index in [4.69, 9.17) is 25.9 Å². The molecule has 0 aliphatic rings. The zero-order chi connectivity index (χ0) is 24.9. The van der Waals surface area contributed by atoms with Crippen LogP contribution in [0.3, 0.4) is 0 Å². The average Bonchev–Trinajstić information content (AvgIpc) is 3.37. The van der Waals surface area contributed by atoms with Crippen molar-refractivity contribution in [3.05, 3.63) is 108 Å². The van der Waals surface area contributed by atoms with E-state index in [0.29, 0.717) is 34.7 Å². The van der Waals surface area contributed by atoms with E-state index in [-0.39, 0.29) is 0 Å². The van der Waals surface area contributed by atoms with Crippen LogP contribution in [0.15, 0.2) is 95.7 Å². The number of rotatable bonds is 8. The van der Waals surface area contributed by atoms with Crippen molar-refractivity contribution in [2.75, 3.05) is 5.32 Å². The third kappa shape index (κ3) is 5.37. The van der Waals surface area contributed by atoms with Crippen LogP contribution in [-0.4, -0.2) is 21.0 Å². The molecule has 7 nitrogen and oxygen atoms in total. The number of anilines is 2. The van der Waals surface area contributed by atoms with Gasteiger partial charge in [-0.15, -0.1) is 0 Å². The van der Waals surface area contributed by atoms with Crippen LogP contribution in [0.1, 0.15) is 11.3 Å². The predicted octanol–water partition coefficient (Wildman–Crippen LogP) is 6.96. The molecule has 3 aromatic carbocycles. The van der Waals surface area contributed by atoms with Crippen LogP contribution >= 0.6 is 11.6 Å². The molecule has 0 saturated heterocycles. The number of benzene rings is 3. The van der Waals surface area contributed by atoms with Gasteiger partial charge in [0.1, 0.15) is 36.0 Å². The average molecular weight is 498 g/mol. The standard InChI is InChI=1S/C28H20ClN3O4/c29-23-15-20(7-11-26(23)35-16-18-4-2-1-3-5-18)32-28-22-14-19(6-10-24(22)30-17-31-28)25-12-8-21(36-25)9-13-27(33)34/h1-15,17H,16H2,(H,33,34)(H,30,31,32)/b13-9+. The Morgan fingerprint density at radius 3 is 2.69 bits per heavy atom. The fourth-order valence-corrected chi connectivity index (χ4v) is 3.86. The SMILES string of the molecule is O=C(O)/C=C/c1ccc(-c2ccc3ncnc(Nc4ccc(OCc5ccccc5)c(Cl)c4)c3c2)o1. The van der Waals surface area contributed by atoms with Gasteiger partial charge in [0.2, 0.25) is 0 Å². The molecule has 0 unspecified atom stereocenters. The van der Waals surface area contributed by atoms with Gasteiger partial charge in [-0.2, -0.15) is 0 Å². The zero-order valence-electron chi connectivity index (χ0n) is 18.9. The van der Waals surface area contributed by atoms with Crippen molar-refractivity contribution in [2.24, 2.45) is 0 Å². The molecule has 0 saturated carbocycles. The van der Waals surface area contributed by atoms with E-state index in [1.54, 1.807) is 18.2 Å². The molecule has 0 radical (unpaired) electrons. The summed E-state index contributed by atoms with van der Waals surface area (Å²) in [5.41, 5.74) is 3.36. The number of nitrogens with one attached hydrogen (secondary N) is 1. The quantitative estimate of drug-likeness (QED) is 0.223. The van der Waals surface area contributed by atoms with Crippen molar-refractivity contribution in [3.8, 4) is 17.1 Å². The minimum absolute atomic E-state index is 0.424. The van der Waals surface area contributed by atoms with E-state index < -0.39 is 5.97 Å². The number of ether oxygens (including phenoxy) is 1. The fraction of sp³-hybridized carbons (Fsp3) is 0.0357. The van der Waals surface area contributed by atoms with Gasteiger partial charge in [0, 0.05) is 22.7 Å². The van der Waals surface area contributed by atoms with E-state index in [2.05, 4.69) is 15.3 Å². The summed E-state index contributed by atoms with van der Waals surface area (Å²) in [5.74, 6) is 1.20. The summed E-state index contributed by atoms with van der Waals surface area (Å²) in [6, 6.07) is 24.5. The molecule has 5 rings (SSSR count). The Kier molecular flexibility index (Phi) is 6.64. The highest BCUT2D eigenvalue weighted by Crippen LogP contribution is 2.32. The summed E-state index contributed by atoms with van der Waals surface area (Å²) in [6.45, 7) is 0.424. The Morgan fingerprint density at radius 2 is 1.89 bits per heavy atom. The van der Waals surface area contributed by atoms with Gasteiger partial charge in [-0.1, -0.05) is 41.9 Å². The van der Waals surface area contributed by atoms with Gasteiger partial charge >= 0.3 is 5.97 Å². The Balaban J connectivity index is 1.37. The molecule has 36 heavy (non-hydrogen) atoms. The first-order chi connectivity index (χ1) is 17.5. The molecule has 178 valence electrons. The van der Waals surface area contributed by atoms with E-state index in [9.17, 15) is 4.79 Å². The highest BCUT2D eigenvalue weighted by Gasteiger charge is 2.11. The molecule has 0 amide bonds. The maximum Gasteiger partial charge on any atom is 0.328 e. The first-order valence-electron chi connectivity index (χ1n) is 11.0. The molecule has 0 fully saturated rings. The summed E-state index contributed by atoms with van der Waals surface area (Å²) < 4.78 is 11.6. The van der Waals surface area contributed by atoms with Crippen LogP contribution < -0.4 is 10.1 Å². The number of nitrogens with zero attached hydrogens (tertiary/aromatic N) is 2. The second-order valence-electron chi connectivity index (χ2n) is 7.87. The van der Waals surface area contributed by atoms with Crippen LogP contribution in [0.4, 0.5) is 11.5 Å². The topological polar surface area (TPSA) is 97.5 Å². The van der Waals surface area contributed by atoms with Crippen molar-refractivity contribution in [1.29, 1.82) is 0 Å². The Bertz CT molecular complexity index is 1560. The number of aromatic nitrogens is 2. The Labute approximate surface area is 211 Å². The van der Waals surface area contributed by atoms with Gasteiger partial charge in [0.25, 0.3) is 0 Å². The molecule has 8 heteroatoms. The molecule has 0 aliphatic carbocycles. The molecule has 5 aromatic rings. The van der Waals surface area contributed by atoms with E-state index >= 15 is 0 Å². The molecular weight excluding hydrogens is 478 g/mol. The summed E-state index contributed by atoms with van der Waals surface area (Å²) in [7, 11) is 0. The van der Waals surface area contributed by atoms with Gasteiger partial charge in [-0.25, -0.2) is 14.8 Å². The van der Waals surface area contributed by atoms with Crippen LogP contribution in [0.25, 0.3) is 28.3 Å². The number of aliphatic carboxylic acids is 1. The Hall–Kier alpha value is -4.62. The summed E-state index contributed by atoms with van der Waals surface area (Å²) in [4.78, 5) is 19.5. The number of hydrogen-bond acceptors (Lipinski definition) is 6. The largest absolute Gasteiger partial charge is 0.487 e. The van der Waals surface area contributed by atoms with Crippen LogP contribution in [0.2, 0.25) is 5.02 Å². The van der Waals surface area contributed by atoms with Crippen molar-refractivity contribution in [2.45, 2.75) is 6.61 Å². The fourth-order valence-electron chi connectivity index (χ4n) is 3.63. The van der Waals surface area contributed by atoms with Crippen LogP contribution in [0, 0.1) is 0 Å². The lowest BCUT2D eigenvalue weighted by atomic mass is 10.1. The highest BCUT2D eigenvalue weighted by molar-refractivity contribution is 6.32. The van der Waals surface area contributed by atoms with E-state index in [1.165, 1.54) is 12.4 Å². The molecular formula is C28H20ClN3O4. The third-order valence-electron chi connectivity index (χ3n) is 5.37. The third-order valence-corrected chi connectivity index (χ3v) is 5.66. The molecule has 0 atom stereocenters. The maximum absolute atomic E-state index is 10.7. The smallest absolute Gasteiger partial charge is 0.328 e. The van der Waals surface area contributed by atoms with Crippen molar-refractivity contribution in [1.82, 2.24) is 9.97 Å². The molecule has 2 aromatic heterocycles. The second kappa shape index (κ2) is 10.3. The molecule has 0 aliphatic heterocycles. The minimum Gasteiger partial charge on any atom is -0.487 e. The number of hydrogen-bond donors (Lipinski definition) is 2. The van der Waals surface area contributed by atoms with Crippen LogP contribution in [-0.2, 0) is 11.4 Å². The first-order valence-corrected chi connectivity index (χ1v) is 11.4. The number of carboxylic acids is 1. The number of fused-ring (bicyclic) bond motifs is 1. The zero-order valence-corrected chi connectivity index (χ0v) is 19.6. The van der Waals surface area contributed by atoms with E-state index in [1.807, 2.05) is 60.7 Å². The van der Waals surface area contributed by atoms with Gasteiger partial charge in [-0.05, 0) is 60.2 Å². The van der Waals surface area contributed by atoms with Crippen molar-refractivity contribution in [3.63, 3.8) is 0 Å². The summed E-state index contributed by atoms with van der Waals surface area (Å²) in [5, 5.41) is 13.4. The van der Waals surface area contributed by atoms with Gasteiger partial charge in [0.05, 0.1) is 10.5 Å². The molecule has 0 bridgehead atoms. The monoisotopic (exact) mass is 497 g/mol. The van der Waals surface area contributed by atoms with Gasteiger partial charge in [-0.3, -0.25) is 0 Å². The summed E-state index contributed by atoms with van der Waals surface area (Å²) in [6.07, 6.45) is 3.92. The molecule has 2 heterocycles. The molecule has 2 N–H and O–H groups in total. The molecule has 0 spiro atoms. The lowest BCUT2D eigenvalue weighted by Gasteiger charge is -2.12. The second-order valence-corrected chi connectivity index (χ2v) is 8.28.